The van der Waals surface area contributed by atoms with Crippen LogP contribution < -0.4 is 9.80 Å². The number of nitrogens with zero attached hydrogens (tertiary/aromatic N) is 2. The van der Waals surface area contributed by atoms with Crippen LogP contribution >= 0.6 is 0 Å². The Hall–Kier alpha value is -6.64. The fourth-order valence-corrected chi connectivity index (χ4v) is 8.59. The monoisotopic (exact) mass is 678 g/mol. The molecular weight excluding hydrogens is 641 g/mol. The zero-order valence-corrected chi connectivity index (χ0v) is 29.9. The van der Waals surface area contributed by atoms with E-state index in [-0.39, 0.29) is 5.41 Å². The van der Waals surface area contributed by atoms with Crippen molar-refractivity contribution in [3.8, 4) is 11.1 Å². The minimum absolute atomic E-state index is 0.273. The van der Waals surface area contributed by atoms with Crippen LogP contribution in [0.5, 0.6) is 0 Å². The molecule has 0 unspecified atom stereocenters. The quantitative estimate of drug-likeness (QED) is 0.167. The number of benzene rings is 9. The molecular formula is C51H38N2. The maximum absolute atomic E-state index is 2.49. The Morgan fingerprint density at radius 2 is 0.830 bits per heavy atom. The summed E-state index contributed by atoms with van der Waals surface area (Å²) >= 11 is 0. The van der Waals surface area contributed by atoms with E-state index in [2.05, 4.69) is 218 Å². The van der Waals surface area contributed by atoms with Crippen LogP contribution in [0.3, 0.4) is 0 Å². The first-order chi connectivity index (χ1) is 26.1. The molecule has 0 bridgehead atoms. The van der Waals surface area contributed by atoms with E-state index in [0.29, 0.717) is 0 Å². The zero-order valence-electron chi connectivity index (χ0n) is 29.9. The average molecular weight is 679 g/mol. The van der Waals surface area contributed by atoms with Gasteiger partial charge in [0, 0.05) is 28.2 Å². The molecule has 0 saturated heterocycles. The third-order valence-corrected chi connectivity index (χ3v) is 11.2. The van der Waals surface area contributed by atoms with E-state index < -0.39 is 0 Å². The van der Waals surface area contributed by atoms with Gasteiger partial charge >= 0.3 is 0 Å². The molecule has 2 heteroatoms. The summed E-state index contributed by atoms with van der Waals surface area (Å²) in [7, 11) is 0. The van der Waals surface area contributed by atoms with Crippen LogP contribution in [0.15, 0.2) is 194 Å². The van der Waals surface area contributed by atoms with Gasteiger partial charge in [-0.2, -0.15) is 0 Å². The van der Waals surface area contributed by atoms with Crippen molar-refractivity contribution >= 4 is 66.4 Å². The van der Waals surface area contributed by atoms with Gasteiger partial charge in [0.25, 0.3) is 0 Å². The van der Waals surface area contributed by atoms with E-state index in [9.17, 15) is 0 Å². The van der Waals surface area contributed by atoms with E-state index in [1.807, 2.05) is 0 Å². The summed E-state index contributed by atoms with van der Waals surface area (Å²) in [6, 6.07) is 70.8. The van der Waals surface area contributed by atoms with Gasteiger partial charge < -0.3 is 9.80 Å². The lowest BCUT2D eigenvalue weighted by Gasteiger charge is -2.42. The Bertz CT molecular complexity index is 2760. The molecule has 53 heavy (non-hydrogen) atoms. The highest BCUT2D eigenvalue weighted by Crippen LogP contribution is 2.54. The number of rotatable bonds is 5. The molecule has 0 atom stereocenters. The smallest absolute Gasteiger partial charge is 0.0509 e. The van der Waals surface area contributed by atoms with Crippen molar-refractivity contribution in [2.45, 2.75) is 19.3 Å². The third kappa shape index (κ3) is 5.02. The topological polar surface area (TPSA) is 6.48 Å². The maximum atomic E-state index is 2.49. The van der Waals surface area contributed by atoms with Crippen LogP contribution in [-0.2, 0) is 5.41 Å². The van der Waals surface area contributed by atoms with Gasteiger partial charge in [0.2, 0.25) is 0 Å². The fraction of sp³-hybridized carbons (Fsp3) is 0.0588. The molecule has 0 amide bonds. The molecule has 9 aromatic carbocycles. The van der Waals surface area contributed by atoms with Gasteiger partial charge in [-0.15, -0.1) is 0 Å². The molecule has 1 aliphatic heterocycles. The lowest BCUT2D eigenvalue weighted by Crippen LogP contribution is -2.30. The van der Waals surface area contributed by atoms with Crippen molar-refractivity contribution in [3.05, 3.63) is 205 Å². The van der Waals surface area contributed by atoms with E-state index in [1.54, 1.807) is 0 Å². The van der Waals surface area contributed by atoms with E-state index in [1.165, 1.54) is 65.9 Å². The van der Waals surface area contributed by atoms with Crippen LogP contribution in [-0.4, -0.2) is 0 Å². The standard InChI is InChI=1S/C51H38N2/c1-51(2)47-32-36(35-17-16-24-40(31-35)52(37-18-6-3-7-19-37)38-20-8-4-9-21-38)29-30-49(47)53(39-22-10-5-11-23-39)50-34-46-44-28-15-13-26-42(44)41-25-12-14-27-43(41)45(46)33-48(50)51/h3-34H,1-2H3. The Morgan fingerprint density at radius 3 is 1.43 bits per heavy atom. The maximum Gasteiger partial charge on any atom is 0.0509 e. The minimum Gasteiger partial charge on any atom is -0.310 e. The molecule has 252 valence electrons. The molecule has 0 saturated carbocycles. The van der Waals surface area contributed by atoms with Gasteiger partial charge in [-0.25, -0.2) is 0 Å². The number of hydrogen-bond donors (Lipinski definition) is 0. The highest BCUT2D eigenvalue weighted by atomic mass is 15.2. The van der Waals surface area contributed by atoms with Crippen LogP contribution in [0.25, 0.3) is 43.4 Å². The van der Waals surface area contributed by atoms with E-state index in [0.717, 1.165) is 22.7 Å². The number of fused-ring (bicyclic) bond motifs is 8. The van der Waals surface area contributed by atoms with Crippen molar-refractivity contribution in [2.24, 2.45) is 0 Å². The Kier molecular flexibility index (Phi) is 7.19. The Balaban J connectivity index is 1.18. The normalized spacial score (nSPS) is 13.2. The summed E-state index contributed by atoms with van der Waals surface area (Å²) < 4.78 is 0. The van der Waals surface area contributed by atoms with Crippen molar-refractivity contribution in [2.75, 3.05) is 9.80 Å². The van der Waals surface area contributed by atoms with Crippen LogP contribution in [0.1, 0.15) is 25.0 Å². The molecule has 1 heterocycles. The minimum atomic E-state index is -0.273. The summed E-state index contributed by atoms with van der Waals surface area (Å²) in [6.45, 7) is 4.80. The lowest BCUT2D eigenvalue weighted by molar-refractivity contribution is 0.633. The second-order valence-electron chi connectivity index (χ2n) is 14.6. The molecule has 0 spiro atoms. The summed E-state index contributed by atoms with van der Waals surface area (Å²) in [5, 5.41) is 7.76. The van der Waals surface area contributed by atoms with Gasteiger partial charge in [-0.05, 0) is 127 Å². The molecule has 0 fully saturated rings. The Labute approximate surface area is 310 Å². The van der Waals surface area contributed by atoms with Crippen molar-refractivity contribution in [3.63, 3.8) is 0 Å². The molecule has 1 aliphatic rings. The molecule has 9 aromatic rings. The molecule has 10 rings (SSSR count). The van der Waals surface area contributed by atoms with E-state index >= 15 is 0 Å². The van der Waals surface area contributed by atoms with Gasteiger partial charge in [-0.1, -0.05) is 135 Å². The van der Waals surface area contributed by atoms with Crippen LogP contribution in [0.2, 0.25) is 0 Å². The van der Waals surface area contributed by atoms with Gasteiger partial charge in [-0.3, -0.25) is 0 Å². The molecule has 0 radical (unpaired) electrons. The fourth-order valence-electron chi connectivity index (χ4n) is 8.59. The lowest BCUT2D eigenvalue weighted by atomic mass is 9.72. The largest absolute Gasteiger partial charge is 0.310 e. The second-order valence-corrected chi connectivity index (χ2v) is 14.6. The van der Waals surface area contributed by atoms with Crippen molar-refractivity contribution in [1.29, 1.82) is 0 Å². The predicted molar refractivity (Wildman–Crippen MR) is 226 cm³/mol. The van der Waals surface area contributed by atoms with Crippen LogP contribution in [0.4, 0.5) is 34.1 Å². The van der Waals surface area contributed by atoms with Crippen LogP contribution in [0, 0.1) is 0 Å². The first-order valence-electron chi connectivity index (χ1n) is 18.4. The number of hydrogen-bond acceptors (Lipinski definition) is 2. The first kappa shape index (κ1) is 31.1. The van der Waals surface area contributed by atoms with Crippen molar-refractivity contribution < 1.29 is 0 Å². The van der Waals surface area contributed by atoms with Crippen molar-refractivity contribution in [1.82, 2.24) is 0 Å². The summed E-state index contributed by atoms with van der Waals surface area (Å²) in [5.41, 5.74) is 11.7. The Morgan fingerprint density at radius 1 is 0.358 bits per heavy atom. The molecule has 0 aromatic heterocycles. The highest BCUT2D eigenvalue weighted by molar-refractivity contribution is 6.26. The molecule has 2 nitrogen and oxygen atoms in total. The summed E-state index contributed by atoms with van der Waals surface area (Å²) in [6.07, 6.45) is 0. The molecule has 0 N–H and O–H groups in total. The number of anilines is 6. The predicted octanol–water partition coefficient (Wildman–Crippen LogP) is 14.4. The highest BCUT2D eigenvalue weighted by Gasteiger charge is 2.38. The van der Waals surface area contributed by atoms with Gasteiger partial charge in [0.1, 0.15) is 0 Å². The second kappa shape index (κ2) is 12.3. The van der Waals surface area contributed by atoms with Gasteiger partial charge in [0.15, 0.2) is 0 Å². The van der Waals surface area contributed by atoms with E-state index in [4.69, 9.17) is 0 Å². The molecule has 0 aliphatic carbocycles. The zero-order chi connectivity index (χ0) is 35.5. The average Bonchev–Trinajstić information content (AvgIpc) is 3.22. The summed E-state index contributed by atoms with van der Waals surface area (Å²) in [4.78, 5) is 4.81. The number of para-hydroxylation sites is 3. The van der Waals surface area contributed by atoms with Gasteiger partial charge in [0.05, 0.1) is 11.4 Å². The third-order valence-electron chi connectivity index (χ3n) is 11.2. The first-order valence-corrected chi connectivity index (χ1v) is 18.4. The SMILES string of the molecule is CC1(C)c2cc(-c3cccc(N(c4ccccc4)c4ccccc4)c3)ccc2N(c2ccccc2)c2cc3c4ccccc4c4ccccc4c3cc21. The summed E-state index contributed by atoms with van der Waals surface area (Å²) in [5.74, 6) is 0.